The Balaban J connectivity index is 2.54. The van der Waals surface area contributed by atoms with Gasteiger partial charge in [0.1, 0.15) is 0 Å². The van der Waals surface area contributed by atoms with Gasteiger partial charge < -0.3 is 9.47 Å². The van der Waals surface area contributed by atoms with Gasteiger partial charge in [-0.2, -0.15) is 0 Å². The van der Waals surface area contributed by atoms with Crippen LogP contribution < -0.4 is 9.47 Å². The van der Waals surface area contributed by atoms with Gasteiger partial charge in [-0.3, -0.25) is 0 Å². The van der Waals surface area contributed by atoms with Crippen molar-refractivity contribution in [1.29, 1.82) is 0 Å². The van der Waals surface area contributed by atoms with Gasteiger partial charge >= 0.3 is 0 Å². The molecule has 2 rings (SSSR count). The zero-order chi connectivity index (χ0) is 8.55. The van der Waals surface area contributed by atoms with Crippen molar-refractivity contribution < 1.29 is 9.47 Å². The van der Waals surface area contributed by atoms with Crippen LogP contribution in [0.4, 0.5) is 0 Å². The molecule has 0 saturated carbocycles. The molecule has 1 heterocycles. The summed E-state index contributed by atoms with van der Waals surface area (Å²) in [6, 6.07) is 3.65. The highest BCUT2D eigenvalue weighted by Gasteiger charge is 2.18. The maximum absolute atomic E-state index is 5.96. The van der Waals surface area contributed by atoms with Gasteiger partial charge in [0, 0.05) is 5.88 Å². The van der Waals surface area contributed by atoms with Crippen LogP contribution in [0.25, 0.3) is 0 Å². The van der Waals surface area contributed by atoms with Crippen LogP contribution in [0.15, 0.2) is 12.1 Å². The molecule has 0 bridgehead atoms. The molecule has 0 unspecified atom stereocenters. The first-order chi connectivity index (χ1) is 5.83. The molecular weight excluding hydrogens is 199 g/mol. The average Bonchev–Trinajstić information content (AvgIpc) is 2.53. The van der Waals surface area contributed by atoms with Crippen molar-refractivity contribution in [1.82, 2.24) is 0 Å². The second kappa shape index (κ2) is 3.04. The fourth-order valence-corrected chi connectivity index (χ4v) is 1.65. The molecule has 0 radical (unpaired) electrons. The highest BCUT2D eigenvalue weighted by atomic mass is 35.5. The smallest absolute Gasteiger partial charge is 0.231 e. The van der Waals surface area contributed by atoms with E-state index in [1.165, 1.54) is 0 Å². The highest BCUT2D eigenvalue weighted by molar-refractivity contribution is 6.34. The second-order valence-corrected chi connectivity index (χ2v) is 3.05. The Morgan fingerprint density at radius 1 is 1.33 bits per heavy atom. The molecule has 0 N–H and O–H groups in total. The Labute approximate surface area is 80.0 Å². The Bertz CT molecular complexity index is 312. The van der Waals surface area contributed by atoms with Gasteiger partial charge in [0.15, 0.2) is 11.5 Å². The van der Waals surface area contributed by atoms with E-state index in [0.29, 0.717) is 22.4 Å². The largest absolute Gasteiger partial charge is 0.454 e. The van der Waals surface area contributed by atoms with E-state index in [-0.39, 0.29) is 6.79 Å². The third-order valence-corrected chi connectivity index (χ3v) is 2.40. The van der Waals surface area contributed by atoms with E-state index in [0.717, 1.165) is 5.56 Å². The molecule has 1 aliphatic rings. The molecule has 0 atom stereocenters. The van der Waals surface area contributed by atoms with E-state index in [2.05, 4.69) is 0 Å². The molecule has 0 amide bonds. The topological polar surface area (TPSA) is 18.5 Å². The summed E-state index contributed by atoms with van der Waals surface area (Å²) in [5.41, 5.74) is 0.864. The summed E-state index contributed by atoms with van der Waals surface area (Å²) in [4.78, 5) is 0. The summed E-state index contributed by atoms with van der Waals surface area (Å²) in [7, 11) is 0. The number of hydrogen-bond acceptors (Lipinski definition) is 2. The van der Waals surface area contributed by atoms with Crippen LogP contribution in [0, 0.1) is 0 Å². The zero-order valence-electron chi connectivity index (χ0n) is 6.14. The number of benzene rings is 1. The maximum Gasteiger partial charge on any atom is 0.231 e. The predicted molar refractivity (Wildman–Crippen MR) is 47.1 cm³/mol. The first-order valence-corrected chi connectivity index (χ1v) is 4.37. The SMILES string of the molecule is ClCc1ccc2c(c1Cl)OCO2. The Kier molecular flexibility index (Phi) is 2.03. The van der Waals surface area contributed by atoms with Crippen molar-refractivity contribution in [3.8, 4) is 11.5 Å². The van der Waals surface area contributed by atoms with E-state index in [1.54, 1.807) is 0 Å². The lowest BCUT2D eigenvalue weighted by molar-refractivity contribution is 0.174. The van der Waals surface area contributed by atoms with Gasteiger partial charge in [-0.15, -0.1) is 11.6 Å². The standard InChI is InChI=1S/C8H6Cl2O2/c9-3-5-1-2-6-8(7(5)10)12-4-11-6/h1-2H,3-4H2. The zero-order valence-corrected chi connectivity index (χ0v) is 7.65. The fourth-order valence-electron chi connectivity index (χ4n) is 1.08. The Morgan fingerprint density at radius 3 is 2.92 bits per heavy atom. The lowest BCUT2D eigenvalue weighted by Crippen LogP contribution is -1.93. The molecule has 0 saturated heterocycles. The van der Waals surface area contributed by atoms with Crippen molar-refractivity contribution >= 4 is 23.2 Å². The van der Waals surface area contributed by atoms with Crippen molar-refractivity contribution in [3.63, 3.8) is 0 Å². The maximum atomic E-state index is 5.96. The number of rotatable bonds is 1. The Morgan fingerprint density at radius 2 is 2.17 bits per heavy atom. The molecule has 4 heteroatoms. The van der Waals surface area contributed by atoms with E-state index in [4.69, 9.17) is 32.7 Å². The normalized spacial score (nSPS) is 13.5. The van der Waals surface area contributed by atoms with E-state index in [9.17, 15) is 0 Å². The highest BCUT2D eigenvalue weighted by Crippen LogP contribution is 2.41. The number of ether oxygens (including phenoxy) is 2. The van der Waals surface area contributed by atoms with E-state index >= 15 is 0 Å². The predicted octanol–water partition coefficient (Wildman–Crippen LogP) is 2.81. The molecule has 0 fully saturated rings. The third-order valence-electron chi connectivity index (χ3n) is 1.70. The lowest BCUT2D eigenvalue weighted by atomic mass is 10.2. The minimum atomic E-state index is 0.237. The van der Waals surface area contributed by atoms with Crippen molar-refractivity contribution in [2.24, 2.45) is 0 Å². The number of fused-ring (bicyclic) bond motifs is 1. The quantitative estimate of drug-likeness (QED) is 0.656. The van der Waals surface area contributed by atoms with Crippen molar-refractivity contribution in [2.45, 2.75) is 5.88 Å². The van der Waals surface area contributed by atoms with Crippen LogP contribution in [0.3, 0.4) is 0 Å². The van der Waals surface area contributed by atoms with Crippen LogP contribution >= 0.6 is 23.2 Å². The van der Waals surface area contributed by atoms with Gasteiger partial charge in [-0.25, -0.2) is 0 Å². The van der Waals surface area contributed by atoms with Gasteiger partial charge in [-0.05, 0) is 11.6 Å². The minimum absolute atomic E-state index is 0.237. The van der Waals surface area contributed by atoms with Crippen LogP contribution in [0.1, 0.15) is 5.56 Å². The monoisotopic (exact) mass is 204 g/mol. The van der Waals surface area contributed by atoms with Crippen LogP contribution in [0.5, 0.6) is 11.5 Å². The Hall–Kier alpha value is -0.600. The van der Waals surface area contributed by atoms with Crippen molar-refractivity contribution in [2.75, 3.05) is 6.79 Å². The molecule has 1 aromatic rings. The summed E-state index contributed by atoms with van der Waals surface area (Å²) in [6.45, 7) is 0.237. The number of hydrogen-bond donors (Lipinski definition) is 0. The van der Waals surface area contributed by atoms with E-state index in [1.807, 2.05) is 12.1 Å². The van der Waals surface area contributed by atoms with Gasteiger partial charge in [-0.1, -0.05) is 17.7 Å². The number of halogens is 2. The van der Waals surface area contributed by atoms with Gasteiger partial charge in [0.05, 0.1) is 5.02 Å². The lowest BCUT2D eigenvalue weighted by Gasteiger charge is -2.02. The second-order valence-electron chi connectivity index (χ2n) is 2.41. The molecular formula is C8H6Cl2O2. The first-order valence-electron chi connectivity index (χ1n) is 3.46. The van der Waals surface area contributed by atoms with Crippen LogP contribution in [-0.4, -0.2) is 6.79 Å². The summed E-state index contributed by atoms with van der Waals surface area (Å²) in [5.74, 6) is 1.68. The fraction of sp³-hybridized carbons (Fsp3) is 0.250. The first kappa shape index (κ1) is 8.02. The molecule has 2 nitrogen and oxygen atoms in total. The molecule has 0 aliphatic carbocycles. The molecule has 0 spiro atoms. The van der Waals surface area contributed by atoms with Crippen molar-refractivity contribution in [3.05, 3.63) is 22.7 Å². The van der Waals surface area contributed by atoms with E-state index < -0.39 is 0 Å². The van der Waals surface area contributed by atoms with Crippen LogP contribution in [0.2, 0.25) is 5.02 Å². The molecule has 12 heavy (non-hydrogen) atoms. The summed E-state index contributed by atoms with van der Waals surface area (Å²) < 4.78 is 10.3. The van der Waals surface area contributed by atoms with Gasteiger partial charge in [0.25, 0.3) is 0 Å². The molecule has 64 valence electrons. The minimum Gasteiger partial charge on any atom is -0.454 e. The molecule has 0 aromatic heterocycles. The van der Waals surface area contributed by atoms with Gasteiger partial charge in [0.2, 0.25) is 6.79 Å². The summed E-state index contributed by atoms with van der Waals surface area (Å²) in [5, 5.41) is 0.556. The number of alkyl halides is 1. The summed E-state index contributed by atoms with van der Waals surface area (Å²) >= 11 is 11.6. The third kappa shape index (κ3) is 1.11. The van der Waals surface area contributed by atoms with Crippen LogP contribution in [-0.2, 0) is 5.88 Å². The summed E-state index contributed by atoms with van der Waals surface area (Å²) in [6.07, 6.45) is 0. The molecule has 1 aromatic carbocycles. The molecule has 1 aliphatic heterocycles. The average molecular weight is 205 g/mol.